The zero-order valence-electron chi connectivity index (χ0n) is 10.7. The molecule has 4 nitrogen and oxygen atoms in total. The van der Waals surface area contributed by atoms with Gasteiger partial charge < -0.3 is 10.8 Å². The topological polar surface area (TPSA) is 71.0 Å². The van der Waals surface area contributed by atoms with Crippen molar-refractivity contribution in [2.45, 2.75) is 0 Å². The van der Waals surface area contributed by atoms with Crippen LogP contribution in [0.1, 0.15) is 0 Å². The summed E-state index contributed by atoms with van der Waals surface area (Å²) in [5.74, 6) is 0.210. The predicted octanol–water partition coefficient (Wildman–Crippen LogP) is 4.54. The van der Waals surface area contributed by atoms with E-state index in [1.807, 2.05) is 36.4 Å². The maximum absolute atomic E-state index is 9.23. The number of benzene rings is 3. The molecule has 0 aromatic heterocycles. The van der Waals surface area contributed by atoms with Gasteiger partial charge in [0.2, 0.25) is 0 Å². The fourth-order valence-corrected chi connectivity index (χ4v) is 2.02. The van der Waals surface area contributed by atoms with Crippen molar-refractivity contribution < 1.29 is 5.11 Å². The zero-order chi connectivity index (χ0) is 13.9. The lowest BCUT2D eigenvalue weighted by Gasteiger charge is -2.04. The Kier molecular flexibility index (Phi) is 3.05. The number of rotatable bonds is 2. The van der Waals surface area contributed by atoms with E-state index in [4.69, 9.17) is 5.73 Å². The number of fused-ring (bicyclic) bond motifs is 1. The number of nitrogens with two attached hydrogens (primary N) is 1. The summed E-state index contributed by atoms with van der Waals surface area (Å²) in [4.78, 5) is 0. The highest BCUT2D eigenvalue weighted by molar-refractivity contribution is 5.99. The van der Waals surface area contributed by atoms with E-state index in [-0.39, 0.29) is 5.75 Å². The molecule has 0 spiro atoms. The number of aromatic hydroxyl groups is 1. The van der Waals surface area contributed by atoms with Crippen molar-refractivity contribution in [2.75, 3.05) is 5.73 Å². The Morgan fingerprint density at radius 3 is 2.20 bits per heavy atom. The van der Waals surface area contributed by atoms with Crippen molar-refractivity contribution in [3.05, 3.63) is 60.7 Å². The molecule has 0 saturated heterocycles. The van der Waals surface area contributed by atoms with Crippen LogP contribution in [0.15, 0.2) is 70.9 Å². The molecule has 0 saturated carbocycles. The molecule has 0 fully saturated rings. The van der Waals surface area contributed by atoms with Crippen LogP contribution in [0.5, 0.6) is 5.75 Å². The Bertz CT molecular complexity index is 779. The van der Waals surface area contributed by atoms with Gasteiger partial charge in [-0.3, -0.25) is 0 Å². The number of nitrogens with zero attached hydrogens (tertiary/aromatic N) is 2. The van der Waals surface area contributed by atoms with Gasteiger partial charge >= 0.3 is 0 Å². The molecule has 0 aliphatic heterocycles. The van der Waals surface area contributed by atoms with E-state index in [1.54, 1.807) is 24.3 Å². The number of phenolic OH excluding ortho intramolecular Hbond substituents is 1. The monoisotopic (exact) mass is 263 g/mol. The summed E-state index contributed by atoms with van der Waals surface area (Å²) in [7, 11) is 0. The summed E-state index contributed by atoms with van der Waals surface area (Å²) in [6.07, 6.45) is 0. The van der Waals surface area contributed by atoms with Crippen molar-refractivity contribution in [1.82, 2.24) is 0 Å². The van der Waals surface area contributed by atoms with Gasteiger partial charge in [-0.15, -0.1) is 5.11 Å². The third-order valence-corrected chi connectivity index (χ3v) is 3.06. The first-order valence-electron chi connectivity index (χ1n) is 6.22. The maximum atomic E-state index is 9.23. The summed E-state index contributed by atoms with van der Waals surface area (Å²) in [5, 5.41) is 19.6. The summed E-state index contributed by atoms with van der Waals surface area (Å²) >= 11 is 0. The quantitative estimate of drug-likeness (QED) is 0.526. The molecule has 0 bridgehead atoms. The second kappa shape index (κ2) is 5.01. The average molecular weight is 263 g/mol. The van der Waals surface area contributed by atoms with Crippen LogP contribution in [-0.2, 0) is 0 Å². The van der Waals surface area contributed by atoms with E-state index >= 15 is 0 Å². The number of azo groups is 1. The van der Waals surface area contributed by atoms with E-state index in [0.717, 1.165) is 22.1 Å². The number of hydrogen-bond donors (Lipinski definition) is 2. The fraction of sp³-hybridized carbons (Fsp3) is 0. The molecule has 0 aliphatic rings. The summed E-state index contributed by atoms with van der Waals surface area (Å²) in [6, 6.07) is 18.1. The van der Waals surface area contributed by atoms with Gasteiger partial charge in [0, 0.05) is 16.5 Å². The lowest BCUT2D eigenvalue weighted by molar-refractivity contribution is 0.475. The van der Waals surface area contributed by atoms with Crippen molar-refractivity contribution in [3.63, 3.8) is 0 Å². The summed E-state index contributed by atoms with van der Waals surface area (Å²) in [5.41, 5.74) is 8.13. The Morgan fingerprint density at radius 2 is 1.45 bits per heavy atom. The molecule has 0 amide bonds. The largest absolute Gasteiger partial charge is 0.508 e. The highest BCUT2D eigenvalue weighted by Crippen LogP contribution is 2.31. The van der Waals surface area contributed by atoms with E-state index in [2.05, 4.69) is 10.2 Å². The predicted molar refractivity (Wildman–Crippen MR) is 80.6 cm³/mol. The molecule has 3 N–H and O–H groups in total. The number of anilines is 1. The number of hydrogen-bond acceptors (Lipinski definition) is 4. The second-order valence-electron chi connectivity index (χ2n) is 4.44. The van der Waals surface area contributed by atoms with Crippen molar-refractivity contribution in [3.8, 4) is 5.75 Å². The smallest absolute Gasteiger partial charge is 0.115 e. The number of phenols is 1. The molecular formula is C16H13N3O. The SMILES string of the molecule is Nc1ccc(N=Nc2ccc(O)cc2)c2ccccc12. The van der Waals surface area contributed by atoms with Gasteiger partial charge in [-0.2, -0.15) is 5.11 Å². The van der Waals surface area contributed by atoms with Crippen LogP contribution in [-0.4, -0.2) is 5.11 Å². The minimum Gasteiger partial charge on any atom is -0.508 e. The van der Waals surface area contributed by atoms with Gasteiger partial charge in [-0.25, -0.2) is 0 Å². The molecule has 0 radical (unpaired) electrons. The fourth-order valence-electron chi connectivity index (χ4n) is 2.02. The molecule has 0 heterocycles. The standard InChI is InChI=1S/C16H13N3O/c17-15-9-10-16(14-4-2-1-3-13(14)15)19-18-11-5-7-12(20)8-6-11/h1-10,20H,17H2. The molecule has 20 heavy (non-hydrogen) atoms. The highest BCUT2D eigenvalue weighted by Gasteiger charge is 2.02. The lowest BCUT2D eigenvalue weighted by atomic mass is 10.1. The van der Waals surface area contributed by atoms with Gasteiger partial charge in [0.05, 0.1) is 11.4 Å². The first kappa shape index (κ1) is 12.2. The molecule has 3 aromatic rings. The van der Waals surface area contributed by atoms with Crippen LogP contribution in [0.3, 0.4) is 0 Å². The van der Waals surface area contributed by atoms with Gasteiger partial charge in [0.15, 0.2) is 0 Å². The van der Waals surface area contributed by atoms with Crippen molar-refractivity contribution >= 4 is 27.8 Å². The molecule has 0 atom stereocenters. The maximum Gasteiger partial charge on any atom is 0.115 e. The third-order valence-electron chi connectivity index (χ3n) is 3.06. The third kappa shape index (κ3) is 2.31. The van der Waals surface area contributed by atoms with E-state index in [9.17, 15) is 5.11 Å². The summed E-state index contributed by atoms with van der Waals surface area (Å²) < 4.78 is 0. The molecule has 0 unspecified atom stereocenters. The van der Waals surface area contributed by atoms with Crippen LogP contribution < -0.4 is 5.73 Å². The van der Waals surface area contributed by atoms with Crippen molar-refractivity contribution in [2.24, 2.45) is 10.2 Å². The molecule has 4 heteroatoms. The first-order valence-corrected chi connectivity index (χ1v) is 6.22. The Morgan fingerprint density at radius 1 is 0.750 bits per heavy atom. The van der Waals surface area contributed by atoms with E-state index in [1.165, 1.54) is 0 Å². The molecule has 3 rings (SSSR count). The van der Waals surface area contributed by atoms with Gasteiger partial charge in [-0.1, -0.05) is 24.3 Å². The zero-order valence-corrected chi connectivity index (χ0v) is 10.7. The van der Waals surface area contributed by atoms with Gasteiger partial charge in [0.25, 0.3) is 0 Å². The minimum atomic E-state index is 0.210. The Hall–Kier alpha value is -2.88. The number of nitrogen functional groups attached to an aromatic ring is 1. The second-order valence-corrected chi connectivity index (χ2v) is 4.44. The van der Waals surface area contributed by atoms with Crippen LogP contribution in [0, 0.1) is 0 Å². The Labute approximate surface area is 116 Å². The molecule has 3 aromatic carbocycles. The van der Waals surface area contributed by atoms with Gasteiger partial charge in [0.1, 0.15) is 5.75 Å². The average Bonchev–Trinajstić information content (AvgIpc) is 2.49. The lowest BCUT2D eigenvalue weighted by Crippen LogP contribution is -1.86. The molecular weight excluding hydrogens is 250 g/mol. The van der Waals surface area contributed by atoms with Crippen LogP contribution in [0.25, 0.3) is 10.8 Å². The Balaban J connectivity index is 2.03. The van der Waals surface area contributed by atoms with Crippen LogP contribution in [0.2, 0.25) is 0 Å². The highest BCUT2D eigenvalue weighted by atomic mass is 16.3. The minimum absolute atomic E-state index is 0.210. The van der Waals surface area contributed by atoms with Gasteiger partial charge in [-0.05, 0) is 36.4 Å². The molecule has 0 aliphatic carbocycles. The van der Waals surface area contributed by atoms with Crippen LogP contribution >= 0.6 is 0 Å². The van der Waals surface area contributed by atoms with Crippen molar-refractivity contribution in [1.29, 1.82) is 0 Å². The summed E-state index contributed by atoms with van der Waals surface area (Å²) in [6.45, 7) is 0. The molecule has 98 valence electrons. The normalized spacial score (nSPS) is 11.2. The van der Waals surface area contributed by atoms with Crippen LogP contribution in [0.4, 0.5) is 17.1 Å². The van der Waals surface area contributed by atoms with E-state index < -0.39 is 0 Å². The first-order chi connectivity index (χ1) is 9.74. The van der Waals surface area contributed by atoms with E-state index in [0.29, 0.717) is 5.69 Å².